The standard InChI is InChI=1S/C11H24N2O2/c1-13(7-11(12)9-14-2)6-10-4-3-5-15-8-10/h10-11H,3-9,12H2,1-2H3. The van der Waals surface area contributed by atoms with Crippen LogP contribution in [0.4, 0.5) is 0 Å². The molecule has 0 spiro atoms. The summed E-state index contributed by atoms with van der Waals surface area (Å²) < 4.78 is 10.5. The number of rotatable bonds is 6. The SMILES string of the molecule is COCC(N)CN(C)CC1CCCOC1. The monoisotopic (exact) mass is 216 g/mol. The first-order valence-electron chi connectivity index (χ1n) is 5.73. The lowest BCUT2D eigenvalue weighted by Crippen LogP contribution is -2.41. The van der Waals surface area contributed by atoms with E-state index in [0.29, 0.717) is 12.5 Å². The molecule has 0 aliphatic carbocycles. The summed E-state index contributed by atoms with van der Waals surface area (Å²) in [7, 11) is 3.80. The van der Waals surface area contributed by atoms with Gasteiger partial charge in [0.15, 0.2) is 0 Å². The largest absolute Gasteiger partial charge is 0.383 e. The summed E-state index contributed by atoms with van der Waals surface area (Å²) in [5.74, 6) is 0.679. The van der Waals surface area contributed by atoms with Crippen molar-refractivity contribution < 1.29 is 9.47 Å². The van der Waals surface area contributed by atoms with Crippen LogP contribution in [0.15, 0.2) is 0 Å². The summed E-state index contributed by atoms with van der Waals surface area (Å²) in [5, 5.41) is 0. The van der Waals surface area contributed by atoms with Crippen LogP contribution in [0.3, 0.4) is 0 Å². The van der Waals surface area contributed by atoms with E-state index in [1.165, 1.54) is 12.8 Å². The fraction of sp³-hybridized carbons (Fsp3) is 1.00. The molecule has 1 rings (SSSR count). The van der Waals surface area contributed by atoms with Crippen molar-refractivity contribution in [2.75, 3.05) is 47.1 Å². The zero-order chi connectivity index (χ0) is 11.1. The van der Waals surface area contributed by atoms with Gasteiger partial charge in [0.2, 0.25) is 0 Å². The molecule has 2 atom stereocenters. The van der Waals surface area contributed by atoms with Crippen LogP contribution in [0.25, 0.3) is 0 Å². The highest BCUT2D eigenvalue weighted by atomic mass is 16.5. The number of nitrogens with zero attached hydrogens (tertiary/aromatic N) is 1. The molecule has 4 nitrogen and oxygen atoms in total. The van der Waals surface area contributed by atoms with E-state index < -0.39 is 0 Å². The lowest BCUT2D eigenvalue weighted by atomic mass is 10.0. The van der Waals surface area contributed by atoms with E-state index in [0.717, 1.165) is 26.3 Å². The van der Waals surface area contributed by atoms with Gasteiger partial charge in [0.05, 0.1) is 13.2 Å². The van der Waals surface area contributed by atoms with Gasteiger partial charge < -0.3 is 20.1 Å². The minimum Gasteiger partial charge on any atom is -0.383 e. The van der Waals surface area contributed by atoms with Gasteiger partial charge in [0, 0.05) is 32.8 Å². The second-order valence-electron chi connectivity index (χ2n) is 4.52. The molecule has 0 amide bonds. The molecule has 1 fully saturated rings. The zero-order valence-electron chi connectivity index (χ0n) is 9.95. The molecular weight excluding hydrogens is 192 g/mol. The van der Waals surface area contributed by atoms with Gasteiger partial charge in [0.1, 0.15) is 0 Å². The summed E-state index contributed by atoms with van der Waals surface area (Å²) in [6.07, 6.45) is 2.48. The van der Waals surface area contributed by atoms with E-state index in [1.54, 1.807) is 7.11 Å². The molecule has 4 heteroatoms. The molecular formula is C11H24N2O2. The second kappa shape index (κ2) is 7.17. The molecule has 1 aliphatic rings. The van der Waals surface area contributed by atoms with Crippen LogP contribution in [-0.4, -0.2) is 58.0 Å². The Kier molecular flexibility index (Phi) is 6.17. The molecule has 0 saturated carbocycles. The maximum Gasteiger partial charge on any atom is 0.0626 e. The van der Waals surface area contributed by atoms with Gasteiger partial charge >= 0.3 is 0 Å². The molecule has 0 bridgehead atoms. The Bertz CT molecular complexity index is 161. The van der Waals surface area contributed by atoms with Crippen LogP contribution in [-0.2, 0) is 9.47 Å². The van der Waals surface area contributed by atoms with Gasteiger partial charge in [0.25, 0.3) is 0 Å². The van der Waals surface area contributed by atoms with E-state index in [4.69, 9.17) is 15.2 Å². The lowest BCUT2D eigenvalue weighted by Gasteiger charge is -2.28. The number of ether oxygens (including phenoxy) is 2. The molecule has 0 radical (unpaired) electrons. The van der Waals surface area contributed by atoms with Gasteiger partial charge in [-0.05, 0) is 25.8 Å². The highest BCUT2D eigenvalue weighted by molar-refractivity contribution is 4.70. The smallest absolute Gasteiger partial charge is 0.0626 e. The first kappa shape index (κ1) is 12.9. The van der Waals surface area contributed by atoms with Crippen molar-refractivity contribution >= 4 is 0 Å². The maximum absolute atomic E-state index is 5.89. The zero-order valence-corrected chi connectivity index (χ0v) is 9.95. The normalized spacial score (nSPS) is 24.4. The third kappa shape index (κ3) is 5.47. The van der Waals surface area contributed by atoms with Crippen molar-refractivity contribution in [2.45, 2.75) is 18.9 Å². The third-order valence-electron chi connectivity index (χ3n) is 2.75. The van der Waals surface area contributed by atoms with Gasteiger partial charge in [-0.3, -0.25) is 0 Å². The number of likely N-dealkylation sites (N-methyl/N-ethyl adjacent to an activating group) is 1. The Morgan fingerprint density at radius 2 is 2.40 bits per heavy atom. The summed E-state index contributed by atoms with van der Waals surface area (Å²) in [5.41, 5.74) is 5.89. The minimum atomic E-state index is 0.115. The van der Waals surface area contributed by atoms with Crippen LogP contribution in [0.2, 0.25) is 0 Å². The van der Waals surface area contributed by atoms with Crippen LogP contribution in [0, 0.1) is 5.92 Å². The molecule has 2 unspecified atom stereocenters. The average Bonchev–Trinajstić information content (AvgIpc) is 2.19. The van der Waals surface area contributed by atoms with Crippen molar-refractivity contribution in [2.24, 2.45) is 11.7 Å². The molecule has 1 saturated heterocycles. The number of hydrogen-bond acceptors (Lipinski definition) is 4. The highest BCUT2D eigenvalue weighted by Crippen LogP contribution is 2.14. The van der Waals surface area contributed by atoms with Crippen LogP contribution in [0.1, 0.15) is 12.8 Å². The highest BCUT2D eigenvalue weighted by Gasteiger charge is 2.16. The van der Waals surface area contributed by atoms with Crippen molar-refractivity contribution in [3.8, 4) is 0 Å². The Labute approximate surface area is 92.7 Å². The van der Waals surface area contributed by atoms with Crippen molar-refractivity contribution in [1.29, 1.82) is 0 Å². The molecule has 2 N–H and O–H groups in total. The molecule has 0 aromatic rings. The second-order valence-corrected chi connectivity index (χ2v) is 4.52. The van der Waals surface area contributed by atoms with Crippen LogP contribution >= 0.6 is 0 Å². The number of methoxy groups -OCH3 is 1. The molecule has 0 aromatic heterocycles. The third-order valence-corrected chi connectivity index (χ3v) is 2.75. The molecule has 15 heavy (non-hydrogen) atoms. The van der Waals surface area contributed by atoms with Crippen molar-refractivity contribution in [1.82, 2.24) is 4.90 Å². The van der Waals surface area contributed by atoms with Crippen LogP contribution < -0.4 is 5.73 Å². The molecule has 1 aliphatic heterocycles. The fourth-order valence-corrected chi connectivity index (χ4v) is 2.13. The van der Waals surface area contributed by atoms with E-state index in [9.17, 15) is 0 Å². The molecule has 1 heterocycles. The van der Waals surface area contributed by atoms with Crippen molar-refractivity contribution in [3.05, 3.63) is 0 Å². The Balaban J connectivity index is 2.13. The van der Waals surface area contributed by atoms with Gasteiger partial charge in [-0.1, -0.05) is 0 Å². The Morgan fingerprint density at radius 1 is 1.60 bits per heavy atom. The maximum atomic E-state index is 5.89. The lowest BCUT2D eigenvalue weighted by molar-refractivity contribution is 0.0401. The summed E-state index contributed by atoms with van der Waals surface area (Å²) in [6.45, 7) is 4.44. The van der Waals surface area contributed by atoms with Gasteiger partial charge in [-0.2, -0.15) is 0 Å². The number of nitrogens with two attached hydrogens (primary N) is 1. The molecule has 0 aromatic carbocycles. The fourth-order valence-electron chi connectivity index (χ4n) is 2.13. The predicted molar refractivity (Wildman–Crippen MR) is 60.9 cm³/mol. The number of hydrogen-bond donors (Lipinski definition) is 1. The topological polar surface area (TPSA) is 47.7 Å². The Morgan fingerprint density at radius 3 is 3.00 bits per heavy atom. The quantitative estimate of drug-likeness (QED) is 0.694. The van der Waals surface area contributed by atoms with Crippen molar-refractivity contribution in [3.63, 3.8) is 0 Å². The van der Waals surface area contributed by atoms with Crippen LogP contribution in [0.5, 0.6) is 0 Å². The predicted octanol–water partition coefficient (Wildman–Crippen LogP) is 0.319. The summed E-state index contributed by atoms with van der Waals surface area (Å²) in [4.78, 5) is 2.28. The van der Waals surface area contributed by atoms with E-state index in [1.807, 2.05) is 0 Å². The van der Waals surface area contributed by atoms with E-state index >= 15 is 0 Å². The van der Waals surface area contributed by atoms with Gasteiger partial charge in [-0.25, -0.2) is 0 Å². The average molecular weight is 216 g/mol. The molecule has 90 valence electrons. The first-order chi connectivity index (χ1) is 7.22. The van der Waals surface area contributed by atoms with E-state index in [-0.39, 0.29) is 6.04 Å². The Hall–Kier alpha value is -0.160. The first-order valence-corrected chi connectivity index (χ1v) is 5.73. The summed E-state index contributed by atoms with van der Waals surface area (Å²) >= 11 is 0. The van der Waals surface area contributed by atoms with Gasteiger partial charge in [-0.15, -0.1) is 0 Å². The van der Waals surface area contributed by atoms with E-state index in [2.05, 4.69) is 11.9 Å². The summed E-state index contributed by atoms with van der Waals surface area (Å²) in [6, 6.07) is 0.115. The minimum absolute atomic E-state index is 0.115.